The molecule has 270 valence electrons. The molecule has 0 radical (unpaired) electrons. The zero-order valence-corrected chi connectivity index (χ0v) is 28.6. The maximum absolute atomic E-state index is 14.0. The van der Waals surface area contributed by atoms with Crippen LogP contribution in [0.1, 0.15) is 50.8 Å². The predicted molar refractivity (Wildman–Crippen MR) is 187 cm³/mol. The van der Waals surface area contributed by atoms with E-state index < -0.39 is 29.6 Å². The molecule has 0 saturated carbocycles. The maximum atomic E-state index is 14.0. The number of carbonyl (C=O) groups is 3. The van der Waals surface area contributed by atoms with Crippen LogP contribution in [-0.4, -0.2) is 91.5 Å². The first kappa shape index (κ1) is 36.1. The zero-order chi connectivity index (χ0) is 37.2. The summed E-state index contributed by atoms with van der Waals surface area (Å²) in [5, 5.41) is 12.0. The molecule has 12 nitrogen and oxygen atoms in total. The standard InChI is InChI=1S/C37H37F3N8O4/c1-3-46-14-16-47(17-15-46)22-26-10-11-27(19-29(26)37(38,39)40)43-32(49)18-24-6-4-23(5-7-24)8-9-25-21-42-35(41)44-33(25)31-20-28-30(45(31)2)12-13-48(34(28)50)36(51)52/h4-7,10-11,19-21H,3,12-18,22H2,1-2H3,(H,43,49)(H,51,52)(H2,41,42,44). The lowest BCUT2D eigenvalue weighted by Crippen LogP contribution is -2.45. The van der Waals surface area contributed by atoms with E-state index in [4.69, 9.17) is 5.73 Å². The summed E-state index contributed by atoms with van der Waals surface area (Å²) in [4.78, 5) is 50.7. The highest BCUT2D eigenvalue weighted by molar-refractivity contribution is 6.05. The zero-order valence-electron chi connectivity index (χ0n) is 28.6. The molecule has 4 N–H and O–H groups in total. The largest absolute Gasteiger partial charge is 0.465 e. The van der Waals surface area contributed by atoms with Crippen LogP contribution in [0.4, 0.5) is 29.6 Å². The van der Waals surface area contributed by atoms with E-state index in [1.54, 1.807) is 41.9 Å². The number of nitrogens with one attached hydrogen (secondary N) is 1. The van der Waals surface area contributed by atoms with Crippen molar-refractivity contribution in [3.63, 3.8) is 0 Å². The molecule has 2 aromatic heterocycles. The van der Waals surface area contributed by atoms with E-state index in [1.165, 1.54) is 18.3 Å². The second kappa shape index (κ2) is 14.9. The molecule has 52 heavy (non-hydrogen) atoms. The third kappa shape index (κ3) is 7.93. The van der Waals surface area contributed by atoms with Gasteiger partial charge in [-0.05, 0) is 48.0 Å². The van der Waals surface area contributed by atoms with E-state index in [9.17, 15) is 32.7 Å². The summed E-state index contributed by atoms with van der Waals surface area (Å²) >= 11 is 0. The van der Waals surface area contributed by atoms with Crippen LogP contribution >= 0.6 is 0 Å². The van der Waals surface area contributed by atoms with Crippen LogP contribution in [0.3, 0.4) is 0 Å². The lowest BCUT2D eigenvalue weighted by atomic mass is 10.0. The van der Waals surface area contributed by atoms with Crippen LogP contribution in [0.2, 0.25) is 0 Å². The number of halogens is 3. The monoisotopic (exact) mass is 714 g/mol. The average Bonchev–Trinajstić information content (AvgIpc) is 3.45. The molecule has 0 bridgehead atoms. The third-order valence-corrected chi connectivity index (χ3v) is 9.35. The average molecular weight is 715 g/mol. The Bertz CT molecular complexity index is 2080. The Hall–Kier alpha value is -5.72. The number of hydrogen-bond donors (Lipinski definition) is 3. The van der Waals surface area contributed by atoms with Gasteiger partial charge in [0.1, 0.15) is 5.69 Å². The highest BCUT2D eigenvalue weighted by atomic mass is 19.4. The first-order valence-corrected chi connectivity index (χ1v) is 16.7. The van der Waals surface area contributed by atoms with Gasteiger partial charge in [-0.3, -0.25) is 14.5 Å². The fourth-order valence-corrected chi connectivity index (χ4v) is 6.48. The highest BCUT2D eigenvalue weighted by Crippen LogP contribution is 2.35. The Kier molecular flexibility index (Phi) is 10.3. The number of nitrogen functional groups attached to an aromatic ring is 1. The Morgan fingerprint density at radius 3 is 2.38 bits per heavy atom. The summed E-state index contributed by atoms with van der Waals surface area (Å²) in [5.41, 5.74) is 8.86. The SMILES string of the molecule is CCN1CCN(Cc2ccc(NC(=O)Cc3ccc(C#Cc4cnc(N)nc4-c4cc5c(n4C)CCN(C(=O)O)C5=O)cc3)cc2C(F)(F)F)CC1. The third-order valence-electron chi connectivity index (χ3n) is 9.35. The number of benzene rings is 2. The van der Waals surface area contributed by atoms with E-state index >= 15 is 0 Å². The molecule has 2 aliphatic heterocycles. The van der Waals surface area contributed by atoms with E-state index in [-0.39, 0.29) is 42.3 Å². The molecule has 0 atom stereocenters. The number of nitrogens with two attached hydrogens (primary N) is 1. The van der Waals surface area contributed by atoms with Crippen LogP contribution < -0.4 is 11.1 Å². The highest BCUT2D eigenvalue weighted by Gasteiger charge is 2.35. The quantitative estimate of drug-likeness (QED) is 0.236. The van der Waals surface area contributed by atoms with Crippen LogP contribution in [-0.2, 0) is 37.4 Å². The molecule has 1 fully saturated rings. The molecular weight excluding hydrogens is 677 g/mol. The molecule has 3 amide bonds. The normalized spacial score (nSPS) is 15.2. The van der Waals surface area contributed by atoms with Gasteiger partial charge in [0.25, 0.3) is 5.91 Å². The van der Waals surface area contributed by atoms with Gasteiger partial charge in [-0.25, -0.2) is 19.7 Å². The Morgan fingerprint density at radius 1 is 1.00 bits per heavy atom. The first-order chi connectivity index (χ1) is 24.8. The first-order valence-electron chi connectivity index (χ1n) is 16.7. The number of anilines is 2. The van der Waals surface area contributed by atoms with Gasteiger partial charge in [0.2, 0.25) is 11.9 Å². The molecule has 1 saturated heterocycles. The fraction of sp³-hybridized carbons (Fsp3) is 0.324. The van der Waals surface area contributed by atoms with E-state index in [1.807, 2.05) is 4.90 Å². The molecule has 0 unspecified atom stereocenters. The minimum atomic E-state index is -4.57. The number of piperazine rings is 1. The number of carboxylic acid groups (broad SMARTS) is 1. The minimum Gasteiger partial charge on any atom is -0.465 e. The summed E-state index contributed by atoms with van der Waals surface area (Å²) in [6, 6.07) is 12.4. The molecule has 15 heteroatoms. The number of nitrogens with zero attached hydrogens (tertiary/aromatic N) is 6. The van der Waals surface area contributed by atoms with Crippen LogP contribution in [0.15, 0.2) is 54.7 Å². The molecule has 2 aromatic carbocycles. The van der Waals surface area contributed by atoms with Gasteiger partial charge in [-0.2, -0.15) is 13.2 Å². The van der Waals surface area contributed by atoms with Gasteiger partial charge >= 0.3 is 12.3 Å². The van der Waals surface area contributed by atoms with Crippen molar-refractivity contribution in [2.24, 2.45) is 7.05 Å². The predicted octanol–water partition coefficient (Wildman–Crippen LogP) is 4.48. The summed E-state index contributed by atoms with van der Waals surface area (Å²) in [5.74, 6) is 4.99. The number of carbonyl (C=O) groups excluding carboxylic acids is 2. The molecule has 2 aliphatic rings. The molecule has 4 aromatic rings. The molecule has 0 spiro atoms. The lowest BCUT2D eigenvalue weighted by molar-refractivity contribution is -0.138. The summed E-state index contributed by atoms with van der Waals surface area (Å²) in [6.45, 7) is 6.22. The van der Waals surface area contributed by atoms with Crippen LogP contribution in [0.25, 0.3) is 11.4 Å². The van der Waals surface area contributed by atoms with Gasteiger partial charge in [0.05, 0.1) is 28.8 Å². The Labute approximate surface area is 298 Å². The van der Waals surface area contributed by atoms with E-state index in [0.717, 1.165) is 30.6 Å². The molecular formula is C37H37F3N8O4. The van der Waals surface area contributed by atoms with Crippen molar-refractivity contribution in [2.75, 3.05) is 50.3 Å². The van der Waals surface area contributed by atoms with Crippen molar-refractivity contribution in [3.05, 3.63) is 93.8 Å². The van der Waals surface area contributed by atoms with Crippen molar-refractivity contribution >= 4 is 29.5 Å². The molecule has 4 heterocycles. The lowest BCUT2D eigenvalue weighted by Gasteiger charge is -2.34. The summed E-state index contributed by atoms with van der Waals surface area (Å²) in [7, 11) is 1.75. The van der Waals surface area contributed by atoms with Gasteiger partial charge in [-0.1, -0.05) is 37.0 Å². The summed E-state index contributed by atoms with van der Waals surface area (Å²) in [6.07, 6.45) is -4.15. The Morgan fingerprint density at radius 2 is 1.71 bits per heavy atom. The number of imide groups is 1. The number of rotatable bonds is 7. The van der Waals surface area contributed by atoms with Crippen molar-refractivity contribution in [1.29, 1.82) is 0 Å². The van der Waals surface area contributed by atoms with Gasteiger partial charge in [0.15, 0.2) is 0 Å². The summed E-state index contributed by atoms with van der Waals surface area (Å²) < 4.78 is 43.9. The minimum absolute atomic E-state index is 0.00698. The smallest absolute Gasteiger partial charge is 0.416 e. The Balaban J connectivity index is 1.13. The molecule has 6 rings (SSSR count). The number of aromatic nitrogens is 3. The van der Waals surface area contributed by atoms with Gasteiger partial charge < -0.3 is 25.6 Å². The van der Waals surface area contributed by atoms with E-state index in [0.29, 0.717) is 53.3 Å². The van der Waals surface area contributed by atoms with Crippen LogP contribution in [0, 0.1) is 11.8 Å². The maximum Gasteiger partial charge on any atom is 0.416 e. The van der Waals surface area contributed by atoms with Crippen molar-refractivity contribution in [2.45, 2.75) is 32.5 Å². The number of alkyl halides is 3. The van der Waals surface area contributed by atoms with Crippen LogP contribution in [0.5, 0.6) is 0 Å². The van der Waals surface area contributed by atoms with Crippen molar-refractivity contribution < 1.29 is 32.7 Å². The second-order valence-electron chi connectivity index (χ2n) is 12.7. The second-order valence-corrected chi connectivity index (χ2v) is 12.7. The number of likely N-dealkylation sites (N-methyl/N-ethyl adjacent to an activating group) is 1. The number of fused-ring (bicyclic) bond motifs is 1. The molecule has 0 aliphatic carbocycles. The van der Waals surface area contributed by atoms with E-state index in [2.05, 4.69) is 38.9 Å². The van der Waals surface area contributed by atoms with Crippen molar-refractivity contribution in [3.8, 4) is 23.2 Å². The number of hydrogen-bond acceptors (Lipinski definition) is 8. The van der Waals surface area contributed by atoms with Crippen molar-refractivity contribution in [1.82, 2.24) is 29.2 Å². The topological polar surface area (TPSA) is 150 Å². The van der Waals surface area contributed by atoms with Gasteiger partial charge in [0, 0.05) is 75.9 Å². The fourth-order valence-electron chi connectivity index (χ4n) is 6.48. The van der Waals surface area contributed by atoms with Gasteiger partial charge in [-0.15, -0.1) is 0 Å². The number of amides is 3.